The summed E-state index contributed by atoms with van der Waals surface area (Å²) >= 11 is 0. The lowest BCUT2D eigenvalue weighted by molar-refractivity contribution is -0.130. The molecule has 4 rings (SSSR count). The summed E-state index contributed by atoms with van der Waals surface area (Å²) in [5.74, 6) is -0.711. The molecule has 0 spiro atoms. The zero-order valence-electron chi connectivity index (χ0n) is 18.0. The molecular formula is C25H26N4O3. The molecule has 2 amide bonds. The van der Waals surface area contributed by atoms with Gasteiger partial charge in [0.2, 0.25) is 5.91 Å². The number of hydrogen-bond acceptors (Lipinski definition) is 4. The number of H-pyrrole nitrogens is 1. The molecule has 1 aromatic heterocycles. The van der Waals surface area contributed by atoms with Gasteiger partial charge in [-0.05, 0) is 42.8 Å². The smallest absolute Gasteiger partial charge is 0.261 e. The predicted octanol–water partition coefficient (Wildman–Crippen LogP) is 2.43. The molecule has 1 saturated heterocycles. The number of anilines is 1. The van der Waals surface area contributed by atoms with E-state index in [0.717, 1.165) is 29.9 Å². The van der Waals surface area contributed by atoms with Crippen LogP contribution in [0.2, 0.25) is 0 Å². The van der Waals surface area contributed by atoms with Gasteiger partial charge in [-0.25, -0.2) is 0 Å². The van der Waals surface area contributed by atoms with E-state index in [0.29, 0.717) is 18.8 Å². The minimum atomic E-state index is -0.557. The van der Waals surface area contributed by atoms with E-state index < -0.39 is 11.5 Å². The van der Waals surface area contributed by atoms with E-state index >= 15 is 0 Å². The Kier molecular flexibility index (Phi) is 6.35. The van der Waals surface area contributed by atoms with Crippen LogP contribution < -0.4 is 15.8 Å². The molecule has 32 heavy (non-hydrogen) atoms. The topological polar surface area (TPSA) is 85.5 Å². The minimum Gasteiger partial charge on any atom is -0.368 e. The van der Waals surface area contributed by atoms with Crippen molar-refractivity contribution < 1.29 is 9.59 Å². The van der Waals surface area contributed by atoms with Crippen molar-refractivity contribution in [1.82, 2.24) is 15.2 Å². The zero-order valence-corrected chi connectivity index (χ0v) is 18.0. The Morgan fingerprint density at radius 3 is 2.38 bits per heavy atom. The summed E-state index contributed by atoms with van der Waals surface area (Å²) in [6.07, 6.45) is 0. The summed E-state index contributed by atoms with van der Waals surface area (Å²) in [5.41, 5.74) is 3.24. The lowest BCUT2D eigenvalue weighted by Crippen LogP contribution is -2.51. The number of pyridine rings is 1. The Morgan fingerprint density at radius 1 is 0.938 bits per heavy atom. The van der Waals surface area contributed by atoms with Crippen LogP contribution in [-0.2, 0) is 4.79 Å². The predicted molar refractivity (Wildman–Crippen MR) is 125 cm³/mol. The number of aryl methyl sites for hydroxylation is 1. The molecule has 0 aliphatic carbocycles. The SMILES string of the molecule is Cc1cccc(-c2ccc(C(=O)NCC(=O)N3CCN(c4ccccc4)CC3)c(=O)[nH]2)c1. The molecule has 0 atom stereocenters. The zero-order chi connectivity index (χ0) is 22.5. The number of benzene rings is 2. The first-order valence-electron chi connectivity index (χ1n) is 10.7. The summed E-state index contributed by atoms with van der Waals surface area (Å²) in [5, 5.41) is 2.58. The maximum absolute atomic E-state index is 12.5. The summed E-state index contributed by atoms with van der Waals surface area (Å²) in [4.78, 5) is 44.2. The fraction of sp³-hybridized carbons (Fsp3) is 0.240. The number of piperazine rings is 1. The Labute approximate surface area is 186 Å². The van der Waals surface area contributed by atoms with E-state index in [9.17, 15) is 14.4 Å². The molecule has 0 unspecified atom stereocenters. The molecule has 7 nitrogen and oxygen atoms in total. The van der Waals surface area contributed by atoms with Crippen LogP contribution in [0.25, 0.3) is 11.3 Å². The van der Waals surface area contributed by atoms with Crippen LogP contribution in [-0.4, -0.2) is 54.4 Å². The van der Waals surface area contributed by atoms with Crippen LogP contribution in [0.5, 0.6) is 0 Å². The summed E-state index contributed by atoms with van der Waals surface area (Å²) in [6.45, 7) is 4.50. The van der Waals surface area contributed by atoms with Gasteiger partial charge in [0, 0.05) is 37.6 Å². The number of amides is 2. The quantitative estimate of drug-likeness (QED) is 0.651. The number of nitrogens with zero attached hydrogens (tertiary/aromatic N) is 2. The Balaban J connectivity index is 1.32. The van der Waals surface area contributed by atoms with Crippen molar-refractivity contribution in [2.75, 3.05) is 37.6 Å². The second-order valence-corrected chi connectivity index (χ2v) is 7.87. The van der Waals surface area contributed by atoms with Gasteiger partial charge in [0.15, 0.2) is 0 Å². The third kappa shape index (κ3) is 4.88. The monoisotopic (exact) mass is 430 g/mol. The first kappa shape index (κ1) is 21.4. The highest BCUT2D eigenvalue weighted by Crippen LogP contribution is 2.17. The molecule has 1 fully saturated rings. The van der Waals surface area contributed by atoms with Gasteiger partial charge in [-0.2, -0.15) is 0 Å². The van der Waals surface area contributed by atoms with Gasteiger partial charge >= 0.3 is 0 Å². The van der Waals surface area contributed by atoms with Crippen molar-refractivity contribution >= 4 is 17.5 Å². The fourth-order valence-corrected chi connectivity index (χ4v) is 3.85. The third-order valence-corrected chi connectivity index (χ3v) is 5.64. The number of aromatic nitrogens is 1. The molecule has 2 aromatic carbocycles. The van der Waals surface area contributed by atoms with E-state index in [1.807, 2.05) is 49.4 Å². The highest BCUT2D eigenvalue weighted by atomic mass is 16.2. The third-order valence-electron chi connectivity index (χ3n) is 5.64. The summed E-state index contributed by atoms with van der Waals surface area (Å²) in [6, 6.07) is 21.0. The van der Waals surface area contributed by atoms with Crippen LogP contribution in [0.4, 0.5) is 5.69 Å². The van der Waals surface area contributed by atoms with Crippen LogP contribution in [0, 0.1) is 6.92 Å². The molecule has 1 aliphatic rings. The van der Waals surface area contributed by atoms with Gasteiger partial charge in [0.05, 0.1) is 6.54 Å². The standard InChI is InChI=1S/C25H26N4O3/c1-18-6-5-7-19(16-18)22-11-10-21(25(32)27-22)24(31)26-17-23(30)29-14-12-28(13-15-29)20-8-3-2-4-9-20/h2-11,16H,12-15,17H2,1H3,(H,26,31)(H,27,32). The van der Waals surface area contributed by atoms with E-state index in [1.54, 1.807) is 11.0 Å². The molecule has 2 N–H and O–H groups in total. The van der Waals surface area contributed by atoms with Crippen LogP contribution in [0.1, 0.15) is 15.9 Å². The van der Waals surface area contributed by atoms with Gasteiger partial charge in [0.25, 0.3) is 11.5 Å². The molecule has 1 aliphatic heterocycles. The summed E-state index contributed by atoms with van der Waals surface area (Å²) < 4.78 is 0. The second-order valence-electron chi connectivity index (χ2n) is 7.87. The van der Waals surface area contributed by atoms with E-state index in [1.165, 1.54) is 6.07 Å². The number of nitrogens with one attached hydrogen (secondary N) is 2. The van der Waals surface area contributed by atoms with Gasteiger partial charge in [0.1, 0.15) is 5.56 Å². The molecule has 3 aromatic rings. The minimum absolute atomic E-state index is 0.0110. The number of carbonyl (C=O) groups is 2. The normalized spacial score (nSPS) is 13.7. The Bertz CT molecular complexity index is 1170. The van der Waals surface area contributed by atoms with Crippen molar-refractivity contribution in [3.8, 4) is 11.3 Å². The average Bonchev–Trinajstić information content (AvgIpc) is 2.83. The van der Waals surface area contributed by atoms with E-state index in [4.69, 9.17) is 0 Å². The molecule has 0 saturated carbocycles. The van der Waals surface area contributed by atoms with Crippen molar-refractivity contribution in [3.05, 3.63) is 88.2 Å². The molecule has 2 heterocycles. The Hall–Kier alpha value is -3.87. The molecule has 0 radical (unpaired) electrons. The second kappa shape index (κ2) is 9.51. The highest BCUT2D eigenvalue weighted by Gasteiger charge is 2.22. The number of hydrogen-bond donors (Lipinski definition) is 2. The number of para-hydroxylation sites is 1. The maximum atomic E-state index is 12.5. The average molecular weight is 431 g/mol. The molecule has 164 valence electrons. The fourth-order valence-electron chi connectivity index (χ4n) is 3.85. The van der Waals surface area contributed by atoms with Crippen molar-refractivity contribution in [3.63, 3.8) is 0 Å². The first-order valence-corrected chi connectivity index (χ1v) is 10.7. The van der Waals surface area contributed by atoms with Crippen LogP contribution in [0.15, 0.2) is 71.5 Å². The summed E-state index contributed by atoms with van der Waals surface area (Å²) in [7, 11) is 0. The van der Waals surface area contributed by atoms with Gasteiger partial charge in [-0.3, -0.25) is 14.4 Å². The lowest BCUT2D eigenvalue weighted by atomic mass is 10.1. The number of carbonyl (C=O) groups excluding carboxylic acids is 2. The van der Waals surface area contributed by atoms with Gasteiger partial charge in [-0.15, -0.1) is 0 Å². The van der Waals surface area contributed by atoms with Crippen molar-refractivity contribution in [2.45, 2.75) is 6.92 Å². The number of aromatic amines is 1. The maximum Gasteiger partial charge on any atom is 0.261 e. The van der Waals surface area contributed by atoms with Crippen molar-refractivity contribution in [2.24, 2.45) is 0 Å². The van der Waals surface area contributed by atoms with Crippen molar-refractivity contribution in [1.29, 1.82) is 0 Å². The lowest BCUT2D eigenvalue weighted by Gasteiger charge is -2.36. The van der Waals surface area contributed by atoms with Gasteiger partial charge < -0.3 is 20.1 Å². The van der Waals surface area contributed by atoms with E-state index in [-0.39, 0.29) is 18.0 Å². The number of rotatable bonds is 5. The van der Waals surface area contributed by atoms with Gasteiger partial charge in [-0.1, -0.05) is 42.0 Å². The molecular weight excluding hydrogens is 404 g/mol. The highest BCUT2D eigenvalue weighted by molar-refractivity contribution is 5.96. The molecule has 0 bridgehead atoms. The van der Waals surface area contributed by atoms with E-state index in [2.05, 4.69) is 27.3 Å². The van der Waals surface area contributed by atoms with Crippen LogP contribution in [0.3, 0.4) is 0 Å². The Morgan fingerprint density at radius 2 is 1.69 bits per heavy atom. The first-order chi connectivity index (χ1) is 15.5. The molecule has 7 heteroatoms. The largest absolute Gasteiger partial charge is 0.368 e. The van der Waals surface area contributed by atoms with Crippen LogP contribution >= 0.6 is 0 Å².